The minimum Gasteiger partial charge on any atom is -0.344 e. The normalized spacial score (nSPS) is 12.3. The summed E-state index contributed by atoms with van der Waals surface area (Å²) in [7, 11) is -3.65. The van der Waals surface area contributed by atoms with E-state index in [1.165, 1.54) is 4.31 Å². The van der Waals surface area contributed by atoms with E-state index in [2.05, 4.69) is 5.32 Å². The molecule has 1 atom stereocenters. The highest BCUT2D eigenvalue weighted by Crippen LogP contribution is 2.26. The number of anilines is 1. The molecule has 0 aliphatic carbocycles. The highest BCUT2D eigenvalue weighted by atomic mass is 32.2. The van der Waals surface area contributed by atoms with Crippen LogP contribution in [0.1, 0.15) is 33.9 Å². The number of hydrogen-bond donors (Lipinski definition) is 1. The lowest BCUT2D eigenvalue weighted by Crippen LogP contribution is -2.42. The Balaban J connectivity index is 1.94. The van der Waals surface area contributed by atoms with Crippen LogP contribution in [-0.2, 0) is 14.8 Å². The van der Waals surface area contributed by atoms with Gasteiger partial charge < -0.3 is 5.32 Å². The SMILES string of the molecule is Cc1ccc(C)c(N(CC(=O)N[C@H](c2ccccc2)c2ccccc2C)S(C)(=O)=O)c1. The molecule has 5 nitrogen and oxygen atoms in total. The van der Waals surface area contributed by atoms with Crippen molar-refractivity contribution in [2.24, 2.45) is 0 Å². The monoisotopic (exact) mass is 436 g/mol. The van der Waals surface area contributed by atoms with Crippen LogP contribution >= 0.6 is 0 Å². The number of rotatable bonds is 7. The Hall–Kier alpha value is -3.12. The van der Waals surface area contributed by atoms with Crippen molar-refractivity contribution in [3.05, 3.63) is 101 Å². The maximum Gasteiger partial charge on any atom is 0.241 e. The zero-order valence-corrected chi connectivity index (χ0v) is 19.1. The molecule has 0 fully saturated rings. The molecule has 0 aliphatic heterocycles. The van der Waals surface area contributed by atoms with Crippen LogP contribution in [0, 0.1) is 20.8 Å². The first-order chi connectivity index (χ1) is 14.7. The lowest BCUT2D eigenvalue weighted by molar-refractivity contribution is -0.120. The van der Waals surface area contributed by atoms with Gasteiger partial charge in [-0.2, -0.15) is 0 Å². The number of aryl methyl sites for hydroxylation is 3. The summed E-state index contributed by atoms with van der Waals surface area (Å²) >= 11 is 0. The Morgan fingerprint density at radius 3 is 2.19 bits per heavy atom. The van der Waals surface area contributed by atoms with Gasteiger partial charge in [-0.05, 0) is 54.7 Å². The third kappa shape index (κ3) is 5.52. The standard InChI is InChI=1S/C25H28N2O3S/c1-18-14-15-20(3)23(16-18)27(31(4,29)30)17-24(28)26-25(21-11-6-5-7-12-21)22-13-9-8-10-19(22)2/h5-16,25H,17H2,1-4H3,(H,26,28)/t25-/m1/s1. The van der Waals surface area contributed by atoms with Crippen molar-refractivity contribution < 1.29 is 13.2 Å². The van der Waals surface area contributed by atoms with Crippen molar-refractivity contribution in [2.75, 3.05) is 17.1 Å². The molecule has 0 saturated carbocycles. The lowest BCUT2D eigenvalue weighted by Gasteiger charge is -2.26. The van der Waals surface area contributed by atoms with Crippen LogP contribution in [0.25, 0.3) is 0 Å². The van der Waals surface area contributed by atoms with Crippen LogP contribution < -0.4 is 9.62 Å². The van der Waals surface area contributed by atoms with Crippen molar-refractivity contribution in [1.82, 2.24) is 5.32 Å². The smallest absolute Gasteiger partial charge is 0.241 e. The van der Waals surface area contributed by atoms with Gasteiger partial charge in [0.05, 0.1) is 18.0 Å². The van der Waals surface area contributed by atoms with Gasteiger partial charge in [-0.3, -0.25) is 9.10 Å². The summed E-state index contributed by atoms with van der Waals surface area (Å²) < 4.78 is 26.3. The molecule has 1 N–H and O–H groups in total. The number of amides is 1. The average molecular weight is 437 g/mol. The van der Waals surface area contributed by atoms with Gasteiger partial charge in [-0.25, -0.2) is 8.42 Å². The van der Waals surface area contributed by atoms with Crippen molar-refractivity contribution in [2.45, 2.75) is 26.8 Å². The molecule has 0 aromatic heterocycles. The summed E-state index contributed by atoms with van der Waals surface area (Å²) in [5.74, 6) is -0.372. The van der Waals surface area contributed by atoms with E-state index in [9.17, 15) is 13.2 Å². The number of nitrogens with one attached hydrogen (secondary N) is 1. The molecular formula is C25H28N2O3S. The summed E-state index contributed by atoms with van der Waals surface area (Å²) in [6.07, 6.45) is 1.12. The molecule has 3 rings (SSSR count). The maximum atomic E-state index is 13.1. The zero-order chi connectivity index (χ0) is 22.6. The number of sulfonamides is 1. The molecule has 0 bridgehead atoms. The minimum atomic E-state index is -3.65. The van der Waals surface area contributed by atoms with Crippen LogP contribution in [0.3, 0.4) is 0 Å². The first-order valence-corrected chi connectivity index (χ1v) is 12.0. The fourth-order valence-corrected chi connectivity index (χ4v) is 4.51. The van der Waals surface area contributed by atoms with E-state index in [-0.39, 0.29) is 18.5 Å². The number of nitrogens with zero attached hydrogens (tertiary/aromatic N) is 1. The lowest BCUT2D eigenvalue weighted by atomic mass is 9.95. The van der Waals surface area contributed by atoms with Gasteiger partial charge in [0.2, 0.25) is 15.9 Å². The van der Waals surface area contributed by atoms with Gasteiger partial charge in [0.15, 0.2) is 0 Å². The van der Waals surface area contributed by atoms with Gasteiger partial charge in [0.25, 0.3) is 0 Å². The third-order valence-electron chi connectivity index (χ3n) is 5.26. The summed E-state index contributed by atoms with van der Waals surface area (Å²) in [5.41, 5.74) is 5.19. The number of hydrogen-bond acceptors (Lipinski definition) is 3. The molecule has 0 saturated heterocycles. The second kappa shape index (κ2) is 9.35. The van der Waals surface area contributed by atoms with Gasteiger partial charge >= 0.3 is 0 Å². The van der Waals surface area contributed by atoms with Crippen molar-refractivity contribution in [3.63, 3.8) is 0 Å². The van der Waals surface area contributed by atoms with Gasteiger partial charge in [0, 0.05) is 0 Å². The fourth-order valence-electron chi connectivity index (χ4n) is 3.60. The summed E-state index contributed by atoms with van der Waals surface area (Å²) in [6, 6.07) is 22.7. The van der Waals surface area contributed by atoms with E-state index < -0.39 is 10.0 Å². The topological polar surface area (TPSA) is 66.5 Å². The molecule has 1 amide bonds. The van der Waals surface area contributed by atoms with E-state index in [0.717, 1.165) is 34.1 Å². The van der Waals surface area contributed by atoms with Crippen LogP contribution in [0.5, 0.6) is 0 Å². The summed E-state index contributed by atoms with van der Waals surface area (Å²) in [4.78, 5) is 13.1. The number of benzene rings is 3. The van der Waals surface area contributed by atoms with Crippen molar-refractivity contribution in [3.8, 4) is 0 Å². The Morgan fingerprint density at radius 1 is 0.903 bits per heavy atom. The largest absolute Gasteiger partial charge is 0.344 e. The van der Waals surface area contributed by atoms with Crippen LogP contribution in [0.2, 0.25) is 0 Å². The van der Waals surface area contributed by atoms with E-state index in [1.807, 2.05) is 87.5 Å². The Labute approximate surface area is 184 Å². The van der Waals surface area contributed by atoms with Gasteiger partial charge in [-0.1, -0.05) is 66.7 Å². The third-order valence-corrected chi connectivity index (χ3v) is 6.39. The average Bonchev–Trinajstić information content (AvgIpc) is 2.73. The fraction of sp³-hybridized carbons (Fsp3) is 0.240. The second-order valence-electron chi connectivity index (χ2n) is 7.83. The van der Waals surface area contributed by atoms with Gasteiger partial charge in [-0.15, -0.1) is 0 Å². The molecule has 162 valence electrons. The molecule has 0 aliphatic rings. The van der Waals surface area contributed by atoms with E-state index in [1.54, 1.807) is 6.07 Å². The molecule has 0 radical (unpaired) electrons. The van der Waals surface area contributed by atoms with E-state index in [0.29, 0.717) is 5.69 Å². The van der Waals surface area contributed by atoms with Crippen LogP contribution in [-0.4, -0.2) is 27.1 Å². The Bertz CT molecular complexity index is 1170. The molecule has 0 unspecified atom stereocenters. The highest BCUT2D eigenvalue weighted by Gasteiger charge is 2.25. The zero-order valence-electron chi connectivity index (χ0n) is 18.3. The Kier molecular flexibility index (Phi) is 6.81. The molecule has 0 spiro atoms. The molecule has 3 aromatic carbocycles. The highest BCUT2D eigenvalue weighted by molar-refractivity contribution is 7.92. The predicted octanol–water partition coefficient (Wildman–Crippen LogP) is 4.28. The number of carbonyl (C=O) groups is 1. The summed E-state index contributed by atoms with van der Waals surface area (Å²) in [5, 5.41) is 3.05. The van der Waals surface area contributed by atoms with Crippen molar-refractivity contribution >= 4 is 21.6 Å². The predicted molar refractivity (Wildman–Crippen MR) is 126 cm³/mol. The summed E-state index contributed by atoms with van der Waals surface area (Å²) in [6.45, 7) is 5.44. The first-order valence-electron chi connectivity index (χ1n) is 10.1. The van der Waals surface area contributed by atoms with Crippen LogP contribution in [0.15, 0.2) is 72.8 Å². The van der Waals surface area contributed by atoms with Crippen molar-refractivity contribution in [1.29, 1.82) is 0 Å². The van der Waals surface area contributed by atoms with E-state index >= 15 is 0 Å². The quantitative estimate of drug-likeness (QED) is 0.601. The molecule has 3 aromatic rings. The maximum absolute atomic E-state index is 13.1. The number of carbonyl (C=O) groups excluding carboxylic acids is 1. The van der Waals surface area contributed by atoms with E-state index in [4.69, 9.17) is 0 Å². The Morgan fingerprint density at radius 2 is 1.55 bits per heavy atom. The molecule has 0 heterocycles. The second-order valence-corrected chi connectivity index (χ2v) is 9.73. The first kappa shape index (κ1) is 22.6. The molecule has 31 heavy (non-hydrogen) atoms. The molecule has 6 heteroatoms. The van der Waals surface area contributed by atoms with Crippen LogP contribution in [0.4, 0.5) is 5.69 Å². The molecular weight excluding hydrogens is 408 g/mol. The minimum absolute atomic E-state index is 0.293. The van der Waals surface area contributed by atoms with Gasteiger partial charge in [0.1, 0.15) is 6.54 Å².